The molecule has 1 saturated heterocycles. The zero-order valence-electron chi connectivity index (χ0n) is 26.9. The molecule has 1 aliphatic heterocycles. The topological polar surface area (TPSA) is 96.5 Å². The Kier molecular flexibility index (Phi) is 9.93. The van der Waals surface area contributed by atoms with Crippen molar-refractivity contribution in [2.75, 3.05) is 11.9 Å². The normalized spacial score (nSPS) is 17.2. The molecule has 1 aromatic carbocycles. The second kappa shape index (κ2) is 13.1. The molecule has 1 aliphatic rings. The van der Waals surface area contributed by atoms with Gasteiger partial charge in [-0.25, -0.2) is 14.8 Å². The lowest BCUT2D eigenvalue weighted by atomic mass is 9.89. The molecule has 2 atom stereocenters. The molecule has 2 unspecified atom stereocenters. The summed E-state index contributed by atoms with van der Waals surface area (Å²) in [6.45, 7) is 16.2. The van der Waals surface area contributed by atoms with E-state index in [2.05, 4.69) is 41.0 Å². The number of ether oxygens (including phenoxy) is 1. The van der Waals surface area contributed by atoms with Crippen LogP contribution in [0.3, 0.4) is 0 Å². The Hall–Kier alpha value is -3.66. The first-order valence-corrected chi connectivity index (χ1v) is 15.8. The third-order valence-corrected chi connectivity index (χ3v) is 8.22. The number of halogens is 1. The van der Waals surface area contributed by atoms with Gasteiger partial charge in [0.1, 0.15) is 16.4 Å². The molecule has 0 spiro atoms. The number of likely N-dealkylation sites (tertiary alicyclic amines) is 1. The van der Waals surface area contributed by atoms with Crippen molar-refractivity contribution in [2.24, 2.45) is 5.92 Å². The highest BCUT2D eigenvalue weighted by Crippen LogP contribution is 2.39. The van der Waals surface area contributed by atoms with Crippen LogP contribution in [0.2, 0.25) is 0 Å². The van der Waals surface area contributed by atoms with Crippen LogP contribution in [0.1, 0.15) is 95.9 Å². The molecule has 0 aliphatic carbocycles. The van der Waals surface area contributed by atoms with E-state index >= 15 is 0 Å². The Balaban J connectivity index is 1.45. The van der Waals surface area contributed by atoms with Crippen molar-refractivity contribution in [1.82, 2.24) is 19.6 Å². The molecule has 44 heavy (non-hydrogen) atoms. The quantitative estimate of drug-likeness (QED) is 0.195. The predicted molar refractivity (Wildman–Crippen MR) is 173 cm³/mol. The number of anilines is 1. The number of aromatic nitrogens is 2. The molecule has 0 radical (unpaired) electrons. The molecule has 0 saturated carbocycles. The number of pyridine rings is 2. The van der Waals surface area contributed by atoms with Crippen LogP contribution >= 0.6 is 11.9 Å². The lowest BCUT2D eigenvalue weighted by molar-refractivity contribution is 0.0130. The summed E-state index contributed by atoms with van der Waals surface area (Å²) in [5, 5.41) is 4.13. The number of nitrogens with one attached hydrogen (secondary N) is 2. The summed E-state index contributed by atoms with van der Waals surface area (Å²) in [5.41, 5.74) is 0.343. The van der Waals surface area contributed by atoms with Crippen molar-refractivity contribution < 1.29 is 18.7 Å². The van der Waals surface area contributed by atoms with Gasteiger partial charge in [0.2, 0.25) is 5.95 Å². The second-order valence-electron chi connectivity index (χ2n) is 14.0. The van der Waals surface area contributed by atoms with Crippen LogP contribution in [0.5, 0.6) is 0 Å². The van der Waals surface area contributed by atoms with Crippen molar-refractivity contribution >= 4 is 29.8 Å². The van der Waals surface area contributed by atoms with Gasteiger partial charge < -0.3 is 15.0 Å². The summed E-state index contributed by atoms with van der Waals surface area (Å²) < 4.78 is 23.0. The third-order valence-electron chi connectivity index (χ3n) is 7.50. The fourth-order valence-corrected chi connectivity index (χ4v) is 5.98. The van der Waals surface area contributed by atoms with Crippen molar-refractivity contribution in [3.63, 3.8) is 0 Å². The molecule has 8 nitrogen and oxygen atoms in total. The van der Waals surface area contributed by atoms with E-state index in [-0.39, 0.29) is 34.6 Å². The molecule has 2 amide bonds. The summed E-state index contributed by atoms with van der Waals surface area (Å²) in [4.78, 5) is 36.3. The van der Waals surface area contributed by atoms with E-state index in [4.69, 9.17) is 9.72 Å². The van der Waals surface area contributed by atoms with Gasteiger partial charge in [0.25, 0.3) is 5.91 Å². The zero-order chi connectivity index (χ0) is 32.3. The van der Waals surface area contributed by atoms with Gasteiger partial charge in [0.15, 0.2) is 0 Å². The fourth-order valence-electron chi connectivity index (χ4n) is 5.39. The number of carbonyl (C=O) groups excluding carboxylic acids is 2. The monoisotopic (exact) mass is 621 g/mol. The van der Waals surface area contributed by atoms with Crippen LogP contribution in [0, 0.1) is 11.9 Å². The maximum Gasteiger partial charge on any atom is 0.410 e. The van der Waals surface area contributed by atoms with Crippen LogP contribution in [0.25, 0.3) is 0 Å². The summed E-state index contributed by atoms with van der Waals surface area (Å²) >= 11 is 1.02. The molecule has 3 aromatic rings. The molecule has 236 valence electrons. The van der Waals surface area contributed by atoms with Gasteiger partial charge in [-0.2, -0.15) is 4.39 Å². The Morgan fingerprint density at radius 3 is 2.36 bits per heavy atom. The molecular formula is C34H44FN5O3S. The number of carbonyl (C=O) groups is 2. The fraction of sp³-hybridized carbons (Fsp3) is 0.471. The van der Waals surface area contributed by atoms with E-state index in [0.717, 1.165) is 30.4 Å². The highest BCUT2D eigenvalue weighted by atomic mass is 32.2. The predicted octanol–water partition coefficient (Wildman–Crippen LogP) is 7.93. The second-order valence-corrected chi connectivity index (χ2v) is 14.8. The van der Waals surface area contributed by atoms with E-state index < -0.39 is 17.5 Å². The van der Waals surface area contributed by atoms with Gasteiger partial charge in [-0.15, -0.1) is 0 Å². The molecule has 2 aromatic heterocycles. The first-order chi connectivity index (χ1) is 20.5. The zero-order valence-corrected chi connectivity index (χ0v) is 27.7. The van der Waals surface area contributed by atoms with Crippen LogP contribution in [-0.4, -0.2) is 44.6 Å². The number of hydrogen-bond donors (Lipinski definition) is 2. The molecular weight excluding hydrogens is 577 g/mol. The molecule has 0 bridgehead atoms. The average Bonchev–Trinajstić information content (AvgIpc) is 3.24. The SMILES string of the molecule is CC(C)(C)OC(=O)N1CC(CC(Nc2cccc(SNC(=O)c3ccc(C(C)(C)C)nc3F)n2)c2ccccc2)CC1(C)C. The number of benzene rings is 1. The van der Waals surface area contributed by atoms with Gasteiger partial charge in [-0.1, -0.05) is 57.2 Å². The number of rotatable bonds is 8. The highest BCUT2D eigenvalue weighted by molar-refractivity contribution is 7.97. The summed E-state index contributed by atoms with van der Waals surface area (Å²) in [7, 11) is 0. The maximum absolute atomic E-state index is 14.6. The maximum atomic E-state index is 14.6. The lowest BCUT2D eigenvalue weighted by Gasteiger charge is -2.33. The number of hydrogen-bond acceptors (Lipinski definition) is 7. The Labute approximate surface area is 264 Å². The molecule has 2 N–H and O–H groups in total. The molecule has 1 fully saturated rings. The summed E-state index contributed by atoms with van der Waals surface area (Å²) in [6.07, 6.45) is 1.33. The van der Waals surface area contributed by atoms with Gasteiger partial charge >= 0.3 is 6.09 Å². The smallest absolute Gasteiger partial charge is 0.410 e. The van der Waals surface area contributed by atoms with Crippen molar-refractivity contribution in [3.8, 4) is 0 Å². The Morgan fingerprint density at radius 1 is 1.02 bits per heavy atom. The Morgan fingerprint density at radius 2 is 1.73 bits per heavy atom. The van der Waals surface area contributed by atoms with Crippen molar-refractivity contribution in [2.45, 2.75) is 95.9 Å². The van der Waals surface area contributed by atoms with E-state index in [9.17, 15) is 14.0 Å². The van der Waals surface area contributed by atoms with Gasteiger partial charge in [-0.05, 0) is 83.2 Å². The standard InChI is InChI=1S/C34H44FN5O3S/c1-32(2,3)26-18-17-24(29(35)37-26)30(41)39-44-28-16-12-15-27(38-28)36-25(23-13-10-9-11-14-23)19-22-20-34(7,8)40(21-22)31(42)43-33(4,5)6/h9-18,22,25H,19-21H2,1-8H3,(H,36,38)(H,39,41). The lowest BCUT2D eigenvalue weighted by Crippen LogP contribution is -2.45. The molecule has 10 heteroatoms. The molecule has 4 rings (SSSR count). The number of amides is 2. The van der Waals surface area contributed by atoms with Crippen molar-refractivity contribution in [3.05, 3.63) is 83.4 Å². The third kappa shape index (κ3) is 8.71. The largest absolute Gasteiger partial charge is 0.444 e. The minimum Gasteiger partial charge on any atom is -0.444 e. The van der Waals surface area contributed by atoms with Crippen LogP contribution < -0.4 is 10.0 Å². The van der Waals surface area contributed by atoms with E-state index in [1.165, 1.54) is 6.07 Å². The van der Waals surface area contributed by atoms with Gasteiger partial charge in [-0.3, -0.25) is 9.52 Å². The van der Waals surface area contributed by atoms with Gasteiger partial charge in [0, 0.05) is 35.1 Å². The van der Waals surface area contributed by atoms with Crippen LogP contribution in [0.4, 0.5) is 15.0 Å². The Bertz CT molecular complexity index is 1470. The van der Waals surface area contributed by atoms with Crippen molar-refractivity contribution in [1.29, 1.82) is 0 Å². The van der Waals surface area contributed by atoms with Gasteiger partial charge in [0.05, 0.1) is 11.6 Å². The van der Waals surface area contributed by atoms with E-state index in [1.54, 1.807) is 12.1 Å². The minimum absolute atomic E-state index is 0.0700. The molecule has 3 heterocycles. The van der Waals surface area contributed by atoms with E-state index in [1.807, 2.05) is 76.8 Å². The van der Waals surface area contributed by atoms with Crippen LogP contribution in [-0.2, 0) is 10.2 Å². The first kappa shape index (κ1) is 33.2. The first-order valence-electron chi connectivity index (χ1n) is 15.0. The number of nitrogens with zero attached hydrogens (tertiary/aromatic N) is 3. The minimum atomic E-state index is -0.801. The summed E-state index contributed by atoms with van der Waals surface area (Å²) in [6, 6.07) is 18.7. The average molecular weight is 622 g/mol. The highest BCUT2D eigenvalue weighted by Gasteiger charge is 2.43. The van der Waals surface area contributed by atoms with E-state index in [0.29, 0.717) is 23.1 Å². The van der Waals surface area contributed by atoms with Crippen LogP contribution in [0.15, 0.2) is 65.7 Å². The summed E-state index contributed by atoms with van der Waals surface area (Å²) in [5.74, 6) is -0.506.